The molecule has 3 heteroatoms. The van der Waals surface area contributed by atoms with E-state index in [9.17, 15) is 0 Å². The molecule has 1 aromatic heterocycles. The van der Waals surface area contributed by atoms with E-state index in [1.807, 2.05) is 13.1 Å². The van der Waals surface area contributed by atoms with Gasteiger partial charge in [0, 0.05) is 0 Å². The minimum Gasteiger partial charge on any atom is -0.443 e. The van der Waals surface area contributed by atoms with Crippen LogP contribution in [0, 0.1) is 5.92 Å². The Hall–Kier alpha value is -1.35. The molecule has 2 aromatic rings. The van der Waals surface area contributed by atoms with Crippen LogP contribution in [0.3, 0.4) is 0 Å². The van der Waals surface area contributed by atoms with Crippen LogP contribution in [-0.2, 0) is 6.42 Å². The lowest BCUT2D eigenvalue weighted by atomic mass is 9.97. The second-order valence-corrected chi connectivity index (χ2v) is 4.19. The predicted molar refractivity (Wildman–Crippen MR) is 65.4 cm³/mol. The van der Waals surface area contributed by atoms with Crippen molar-refractivity contribution in [2.45, 2.75) is 19.8 Å². The van der Waals surface area contributed by atoms with Gasteiger partial charge in [-0.3, -0.25) is 0 Å². The Bertz CT molecular complexity index is 450. The molecule has 0 aliphatic rings. The van der Waals surface area contributed by atoms with Crippen molar-refractivity contribution >= 4 is 11.1 Å². The van der Waals surface area contributed by atoms with Crippen LogP contribution in [-0.4, -0.2) is 18.6 Å². The monoisotopic (exact) mass is 218 g/mol. The molecule has 0 aliphatic heterocycles. The number of aromatic nitrogens is 1. The minimum absolute atomic E-state index is 0.686. The number of benzene rings is 1. The lowest BCUT2D eigenvalue weighted by Gasteiger charge is -2.13. The molecule has 0 spiro atoms. The Morgan fingerprint density at radius 1 is 1.44 bits per heavy atom. The van der Waals surface area contributed by atoms with Crippen molar-refractivity contribution in [1.82, 2.24) is 10.3 Å². The van der Waals surface area contributed by atoms with Gasteiger partial charge in [-0.05, 0) is 43.6 Å². The lowest BCUT2D eigenvalue weighted by molar-refractivity contribution is 0.481. The molecule has 1 aromatic carbocycles. The van der Waals surface area contributed by atoms with Crippen LogP contribution in [0.5, 0.6) is 0 Å². The fraction of sp³-hybridized carbons (Fsp3) is 0.462. The second kappa shape index (κ2) is 5.12. The summed E-state index contributed by atoms with van der Waals surface area (Å²) in [7, 11) is 2.00. The van der Waals surface area contributed by atoms with Gasteiger partial charge in [0.2, 0.25) is 0 Å². The normalized spacial score (nSPS) is 13.1. The van der Waals surface area contributed by atoms with Crippen LogP contribution in [0.2, 0.25) is 0 Å². The molecule has 1 atom stereocenters. The molecule has 0 saturated carbocycles. The molecule has 1 N–H and O–H groups in total. The van der Waals surface area contributed by atoms with Gasteiger partial charge in [-0.2, -0.15) is 0 Å². The number of rotatable bonds is 5. The first-order chi connectivity index (χ1) is 7.83. The van der Waals surface area contributed by atoms with Crippen LogP contribution in [0.1, 0.15) is 18.9 Å². The molecule has 0 fully saturated rings. The summed E-state index contributed by atoms with van der Waals surface area (Å²) in [6.07, 6.45) is 3.78. The Kier molecular flexibility index (Phi) is 3.57. The van der Waals surface area contributed by atoms with E-state index in [0.29, 0.717) is 5.92 Å². The maximum Gasteiger partial charge on any atom is 0.181 e. The Morgan fingerprint density at radius 2 is 2.31 bits per heavy atom. The van der Waals surface area contributed by atoms with Gasteiger partial charge in [-0.25, -0.2) is 4.98 Å². The first-order valence-corrected chi connectivity index (χ1v) is 5.80. The number of nitrogens with one attached hydrogen (secondary N) is 1. The van der Waals surface area contributed by atoms with E-state index in [0.717, 1.165) is 24.1 Å². The number of nitrogens with zero attached hydrogens (tertiary/aromatic N) is 1. The molecule has 3 nitrogen and oxygen atoms in total. The third kappa shape index (κ3) is 2.42. The zero-order valence-electron chi connectivity index (χ0n) is 9.86. The number of hydrogen-bond donors (Lipinski definition) is 1. The fourth-order valence-electron chi connectivity index (χ4n) is 2.01. The minimum atomic E-state index is 0.686. The number of oxazole rings is 1. The van der Waals surface area contributed by atoms with Gasteiger partial charge in [0.25, 0.3) is 0 Å². The lowest BCUT2D eigenvalue weighted by Crippen LogP contribution is -2.20. The van der Waals surface area contributed by atoms with E-state index in [-0.39, 0.29) is 0 Å². The molecule has 1 heterocycles. The summed E-state index contributed by atoms with van der Waals surface area (Å²) < 4.78 is 5.31. The maximum atomic E-state index is 5.31. The average molecular weight is 218 g/mol. The largest absolute Gasteiger partial charge is 0.443 e. The van der Waals surface area contributed by atoms with Crippen molar-refractivity contribution in [2.75, 3.05) is 13.6 Å². The van der Waals surface area contributed by atoms with Crippen molar-refractivity contribution in [3.63, 3.8) is 0 Å². The van der Waals surface area contributed by atoms with Crippen molar-refractivity contribution in [2.24, 2.45) is 5.92 Å². The highest BCUT2D eigenvalue weighted by Crippen LogP contribution is 2.18. The smallest absolute Gasteiger partial charge is 0.181 e. The summed E-state index contributed by atoms with van der Waals surface area (Å²) in [4.78, 5) is 4.12. The van der Waals surface area contributed by atoms with Gasteiger partial charge in [-0.15, -0.1) is 0 Å². The number of fused-ring (bicyclic) bond motifs is 1. The second-order valence-electron chi connectivity index (χ2n) is 4.19. The van der Waals surface area contributed by atoms with Crippen molar-refractivity contribution in [3.8, 4) is 0 Å². The third-order valence-electron chi connectivity index (χ3n) is 2.99. The van der Waals surface area contributed by atoms with Gasteiger partial charge in [0.05, 0.1) is 0 Å². The van der Waals surface area contributed by atoms with Gasteiger partial charge in [0.1, 0.15) is 5.52 Å². The van der Waals surface area contributed by atoms with E-state index in [1.165, 1.54) is 18.4 Å². The third-order valence-corrected chi connectivity index (χ3v) is 2.99. The zero-order valence-corrected chi connectivity index (χ0v) is 9.86. The van der Waals surface area contributed by atoms with Gasteiger partial charge in [-0.1, -0.05) is 19.4 Å². The van der Waals surface area contributed by atoms with Gasteiger partial charge in [0.15, 0.2) is 12.0 Å². The summed E-state index contributed by atoms with van der Waals surface area (Å²) in [6, 6.07) is 6.27. The van der Waals surface area contributed by atoms with E-state index in [1.54, 1.807) is 0 Å². The summed E-state index contributed by atoms with van der Waals surface area (Å²) in [5, 5.41) is 3.24. The first kappa shape index (κ1) is 11.1. The molecule has 0 saturated heterocycles. The van der Waals surface area contributed by atoms with Gasteiger partial charge < -0.3 is 9.73 Å². The molecular formula is C13H18N2O. The molecule has 2 rings (SSSR count). The van der Waals surface area contributed by atoms with Crippen LogP contribution in [0.15, 0.2) is 29.0 Å². The quantitative estimate of drug-likeness (QED) is 0.838. The highest BCUT2D eigenvalue weighted by atomic mass is 16.3. The average Bonchev–Trinajstić information content (AvgIpc) is 2.75. The molecule has 1 unspecified atom stereocenters. The Morgan fingerprint density at radius 3 is 3.06 bits per heavy atom. The van der Waals surface area contributed by atoms with Crippen LogP contribution in [0.4, 0.5) is 0 Å². The summed E-state index contributed by atoms with van der Waals surface area (Å²) in [6.45, 7) is 3.29. The maximum absolute atomic E-state index is 5.31. The van der Waals surface area contributed by atoms with Crippen molar-refractivity contribution < 1.29 is 4.42 Å². The van der Waals surface area contributed by atoms with Crippen molar-refractivity contribution in [1.29, 1.82) is 0 Å². The zero-order chi connectivity index (χ0) is 11.4. The van der Waals surface area contributed by atoms with E-state index < -0.39 is 0 Å². The molecular weight excluding hydrogens is 200 g/mol. The Balaban J connectivity index is 2.13. The molecule has 0 radical (unpaired) electrons. The topological polar surface area (TPSA) is 38.1 Å². The summed E-state index contributed by atoms with van der Waals surface area (Å²) >= 11 is 0. The van der Waals surface area contributed by atoms with Gasteiger partial charge >= 0.3 is 0 Å². The Labute approximate surface area is 95.9 Å². The van der Waals surface area contributed by atoms with E-state index >= 15 is 0 Å². The molecule has 0 aliphatic carbocycles. The summed E-state index contributed by atoms with van der Waals surface area (Å²) in [5.41, 5.74) is 3.15. The molecule has 0 amide bonds. The standard InChI is InChI=1S/C13H18N2O/c1-3-10(8-14-2)6-11-4-5-12-13(7-11)16-9-15-12/h4-5,7,9-10,14H,3,6,8H2,1-2H3. The first-order valence-electron chi connectivity index (χ1n) is 5.80. The molecule has 0 bridgehead atoms. The van der Waals surface area contributed by atoms with E-state index in [2.05, 4.69) is 29.4 Å². The molecule has 86 valence electrons. The van der Waals surface area contributed by atoms with Crippen LogP contribution in [0.25, 0.3) is 11.1 Å². The fourth-order valence-corrected chi connectivity index (χ4v) is 2.01. The highest BCUT2D eigenvalue weighted by Gasteiger charge is 2.07. The van der Waals surface area contributed by atoms with Crippen molar-refractivity contribution in [3.05, 3.63) is 30.2 Å². The highest BCUT2D eigenvalue weighted by molar-refractivity contribution is 5.72. The number of hydrogen-bond acceptors (Lipinski definition) is 3. The SMILES string of the molecule is CCC(CNC)Cc1ccc2ncoc2c1. The predicted octanol–water partition coefficient (Wildman–Crippen LogP) is 2.62. The van der Waals surface area contributed by atoms with E-state index in [4.69, 9.17) is 4.42 Å². The molecule has 16 heavy (non-hydrogen) atoms. The summed E-state index contributed by atoms with van der Waals surface area (Å²) in [5.74, 6) is 0.686. The van der Waals surface area contributed by atoms with Crippen LogP contribution < -0.4 is 5.32 Å². The van der Waals surface area contributed by atoms with Crippen LogP contribution >= 0.6 is 0 Å².